The quantitative estimate of drug-likeness (QED) is 0.142. The number of halogens is 6. The minimum atomic E-state index is -5.13. The van der Waals surface area contributed by atoms with E-state index in [1.165, 1.54) is 4.68 Å². The van der Waals surface area contributed by atoms with Gasteiger partial charge in [0.1, 0.15) is 11.5 Å². The number of aromatic nitrogens is 2. The average molecular weight is 584 g/mol. The molecule has 14 heteroatoms. The van der Waals surface area contributed by atoms with Crippen molar-refractivity contribution in [2.45, 2.75) is 24.0 Å². The molecule has 0 amide bonds. The molecule has 3 aromatic carbocycles. The highest BCUT2D eigenvalue weighted by molar-refractivity contribution is 7.89. The van der Waals surface area contributed by atoms with Crippen LogP contribution in [-0.4, -0.2) is 42.2 Å². The van der Waals surface area contributed by atoms with Crippen molar-refractivity contribution >= 4 is 10.0 Å². The first-order chi connectivity index (χ1) is 19.1. The molecule has 1 atom stereocenters. The number of ether oxygens (including phenoxy) is 2. The summed E-state index contributed by atoms with van der Waals surface area (Å²) >= 11 is 0. The summed E-state index contributed by atoms with van der Waals surface area (Å²) in [5.41, 5.74) is 1.28. The summed E-state index contributed by atoms with van der Waals surface area (Å²) in [6.45, 7) is -4.43. The van der Waals surface area contributed by atoms with E-state index in [0.29, 0.717) is 21.5 Å². The van der Waals surface area contributed by atoms with Crippen LogP contribution in [0.1, 0.15) is 12.5 Å². The van der Waals surface area contributed by atoms with Gasteiger partial charge >= 0.3 is 6.61 Å². The fraction of sp³-hybridized carbons (Fsp3) is 0.192. The molecule has 1 aliphatic heterocycles. The second-order valence-electron chi connectivity index (χ2n) is 8.72. The van der Waals surface area contributed by atoms with Crippen LogP contribution in [0.25, 0.3) is 11.3 Å². The molecule has 7 nitrogen and oxygen atoms in total. The molecule has 2 heterocycles. The van der Waals surface area contributed by atoms with Gasteiger partial charge < -0.3 is 9.47 Å². The van der Waals surface area contributed by atoms with Crippen LogP contribution in [0.5, 0.6) is 17.2 Å². The highest BCUT2D eigenvalue weighted by Gasteiger charge is 2.41. The highest BCUT2D eigenvalue weighted by Crippen LogP contribution is 2.38. The molecule has 1 aliphatic rings. The molecule has 1 saturated heterocycles. The van der Waals surface area contributed by atoms with Gasteiger partial charge in [-0.15, -0.1) is 0 Å². The van der Waals surface area contributed by atoms with Crippen molar-refractivity contribution in [2.75, 3.05) is 13.1 Å². The van der Waals surface area contributed by atoms with E-state index in [1.807, 2.05) is 30.3 Å². The van der Waals surface area contributed by atoms with Gasteiger partial charge in [-0.3, -0.25) is 4.68 Å². The Morgan fingerprint density at radius 2 is 1.50 bits per heavy atom. The first-order valence-electron chi connectivity index (χ1n) is 11.8. The lowest BCUT2D eigenvalue weighted by Crippen LogP contribution is -2.31. The summed E-state index contributed by atoms with van der Waals surface area (Å²) in [5, 5.41) is 4.47. The number of alkyl halides is 2. The third kappa shape index (κ3) is 5.23. The molecule has 0 N–H and O–H groups in total. The molecule has 0 aliphatic carbocycles. The van der Waals surface area contributed by atoms with Gasteiger partial charge in [0.2, 0.25) is 21.7 Å². The largest absolute Gasteiger partial charge is 0.457 e. The van der Waals surface area contributed by atoms with E-state index in [1.54, 1.807) is 36.5 Å². The summed E-state index contributed by atoms with van der Waals surface area (Å²) in [4.78, 5) is -1.84. The van der Waals surface area contributed by atoms with E-state index in [0.717, 1.165) is 5.56 Å². The van der Waals surface area contributed by atoms with E-state index >= 15 is 0 Å². The van der Waals surface area contributed by atoms with Crippen LogP contribution in [0.4, 0.5) is 26.3 Å². The van der Waals surface area contributed by atoms with Crippen molar-refractivity contribution in [1.29, 1.82) is 0 Å². The Morgan fingerprint density at radius 1 is 0.850 bits per heavy atom. The number of para-hydroxylation sites is 1. The summed E-state index contributed by atoms with van der Waals surface area (Å²) in [6.07, 6.45) is 1.75. The summed E-state index contributed by atoms with van der Waals surface area (Å²) in [6, 6.07) is 17.3. The Balaban J connectivity index is 1.35. The Kier molecular flexibility index (Phi) is 7.47. The molecule has 210 valence electrons. The normalized spacial score (nSPS) is 16.0. The van der Waals surface area contributed by atoms with Crippen molar-refractivity contribution in [3.63, 3.8) is 0 Å². The zero-order valence-corrected chi connectivity index (χ0v) is 21.1. The zero-order chi connectivity index (χ0) is 28.6. The standard InChI is InChI=1S/C26H19F6N3O4S/c27-20-21(28)23(30)25(24(22(20)29)39-26(31)32)40(36,37)34-12-10-16(14-34)35-13-11-19(33-35)15-6-8-18(9-7-15)38-17-4-2-1-3-5-17/h1-9,11,13,16,26H,10,12,14H2. The van der Waals surface area contributed by atoms with Gasteiger partial charge in [0.25, 0.3) is 0 Å². The van der Waals surface area contributed by atoms with E-state index in [9.17, 15) is 34.8 Å². The number of rotatable bonds is 8. The first-order valence-corrected chi connectivity index (χ1v) is 13.2. The van der Waals surface area contributed by atoms with Crippen LogP contribution < -0.4 is 9.47 Å². The third-order valence-electron chi connectivity index (χ3n) is 6.23. The average Bonchev–Trinajstić information content (AvgIpc) is 3.62. The molecule has 40 heavy (non-hydrogen) atoms. The molecule has 1 unspecified atom stereocenters. The molecule has 0 bridgehead atoms. The lowest BCUT2D eigenvalue weighted by Gasteiger charge is -2.20. The van der Waals surface area contributed by atoms with Crippen LogP contribution in [0, 0.1) is 23.3 Å². The molecule has 0 radical (unpaired) electrons. The fourth-order valence-corrected chi connectivity index (χ4v) is 5.96. The fourth-order valence-electron chi connectivity index (χ4n) is 4.30. The van der Waals surface area contributed by atoms with Gasteiger partial charge in [-0.25, -0.2) is 21.6 Å². The van der Waals surface area contributed by atoms with Gasteiger partial charge in [0.15, 0.2) is 22.3 Å². The van der Waals surface area contributed by atoms with Crippen molar-refractivity contribution in [3.8, 4) is 28.5 Å². The summed E-state index contributed by atoms with van der Waals surface area (Å²) < 4.78 is 120. The smallest absolute Gasteiger partial charge is 0.387 e. The number of hydrogen-bond donors (Lipinski definition) is 0. The maximum absolute atomic E-state index is 14.5. The van der Waals surface area contributed by atoms with E-state index in [2.05, 4.69) is 9.84 Å². The first kappa shape index (κ1) is 27.5. The Bertz CT molecular complexity index is 1630. The summed E-state index contributed by atoms with van der Waals surface area (Å²) in [5.74, 6) is -10.4. The third-order valence-corrected chi connectivity index (χ3v) is 8.12. The topological polar surface area (TPSA) is 73.7 Å². The van der Waals surface area contributed by atoms with Crippen molar-refractivity contribution in [3.05, 3.63) is 90.1 Å². The van der Waals surface area contributed by atoms with Crippen LogP contribution in [-0.2, 0) is 10.0 Å². The predicted molar refractivity (Wildman–Crippen MR) is 129 cm³/mol. The molecule has 1 fully saturated rings. The molecule has 1 aromatic heterocycles. The Hall–Kier alpha value is -4.04. The van der Waals surface area contributed by atoms with Crippen LogP contribution in [0.15, 0.2) is 71.8 Å². The number of hydrogen-bond acceptors (Lipinski definition) is 5. The maximum Gasteiger partial charge on any atom is 0.387 e. The second kappa shape index (κ2) is 10.8. The molecule has 4 aromatic rings. The van der Waals surface area contributed by atoms with Crippen molar-refractivity contribution in [1.82, 2.24) is 14.1 Å². The number of sulfonamides is 1. The lowest BCUT2D eigenvalue weighted by atomic mass is 10.1. The minimum absolute atomic E-state index is 0.156. The SMILES string of the molecule is O=S(=O)(c1c(F)c(F)c(F)c(F)c1OC(F)F)N1CCC(n2ccc(-c3ccc(Oc4ccccc4)cc3)n2)C1. The molecule has 0 spiro atoms. The highest BCUT2D eigenvalue weighted by atomic mass is 32.2. The lowest BCUT2D eigenvalue weighted by molar-refractivity contribution is -0.0551. The Labute approximate surface area is 224 Å². The monoisotopic (exact) mass is 583 g/mol. The summed E-state index contributed by atoms with van der Waals surface area (Å²) in [7, 11) is -5.13. The maximum atomic E-state index is 14.5. The van der Waals surface area contributed by atoms with Gasteiger partial charge in [-0.2, -0.15) is 22.6 Å². The Morgan fingerprint density at radius 3 is 2.17 bits per heavy atom. The number of nitrogens with zero attached hydrogens (tertiary/aromatic N) is 3. The van der Waals surface area contributed by atoms with E-state index < -0.39 is 56.6 Å². The van der Waals surface area contributed by atoms with E-state index in [-0.39, 0.29) is 19.5 Å². The van der Waals surface area contributed by atoms with Crippen molar-refractivity contribution in [2.24, 2.45) is 0 Å². The second-order valence-corrected chi connectivity index (χ2v) is 10.6. The van der Waals surface area contributed by atoms with Crippen molar-refractivity contribution < 1.29 is 44.2 Å². The van der Waals surface area contributed by atoms with E-state index in [4.69, 9.17) is 4.74 Å². The van der Waals surface area contributed by atoms with Crippen LogP contribution in [0.3, 0.4) is 0 Å². The molecule has 0 saturated carbocycles. The zero-order valence-electron chi connectivity index (χ0n) is 20.3. The number of benzene rings is 3. The van der Waals surface area contributed by atoms with Gasteiger partial charge in [0.05, 0.1) is 11.7 Å². The molecule has 5 rings (SSSR count). The van der Waals surface area contributed by atoms with Gasteiger partial charge in [0, 0.05) is 24.8 Å². The van der Waals surface area contributed by atoms with Crippen LogP contribution >= 0.6 is 0 Å². The molecular weight excluding hydrogens is 564 g/mol. The van der Waals surface area contributed by atoms with Gasteiger partial charge in [-0.05, 0) is 48.9 Å². The van der Waals surface area contributed by atoms with Gasteiger partial charge in [-0.1, -0.05) is 18.2 Å². The predicted octanol–water partition coefficient (Wildman–Crippen LogP) is 6.14. The molecular formula is C26H19F6N3O4S. The van der Waals surface area contributed by atoms with Crippen LogP contribution in [0.2, 0.25) is 0 Å². The minimum Gasteiger partial charge on any atom is -0.457 e.